The molecular weight excluding hydrogens is 262 g/mol. The van der Waals surface area contributed by atoms with Crippen LogP contribution in [0, 0.1) is 6.92 Å². The molecule has 1 atom stereocenters. The molecule has 0 saturated carbocycles. The number of aliphatic hydroxyl groups excluding tert-OH is 1. The molecule has 1 fully saturated rings. The quantitative estimate of drug-likeness (QED) is 0.855. The van der Waals surface area contributed by atoms with Gasteiger partial charge in [-0.05, 0) is 31.0 Å². The van der Waals surface area contributed by atoms with Crippen LogP contribution in [0.3, 0.4) is 0 Å². The van der Waals surface area contributed by atoms with E-state index in [1.54, 1.807) is 0 Å². The molecule has 5 heteroatoms. The molecule has 0 radical (unpaired) electrons. The van der Waals surface area contributed by atoms with E-state index in [2.05, 4.69) is 20.9 Å². The third-order valence-electron chi connectivity index (χ3n) is 3.46. The lowest BCUT2D eigenvalue weighted by Gasteiger charge is -2.15. The molecule has 19 heavy (non-hydrogen) atoms. The summed E-state index contributed by atoms with van der Waals surface area (Å²) in [6.45, 7) is 4.43. The molecule has 2 aromatic heterocycles. The van der Waals surface area contributed by atoms with E-state index in [0.717, 1.165) is 48.2 Å². The number of β-amino-alcohol motifs (C(OH)–C–C–N with tert-alkyl or cyclic N) is 1. The maximum absolute atomic E-state index is 9.54. The van der Waals surface area contributed by atoms with Gasteiger partial charge in [-0.15, -0.1) is 0 Å². The molecule has 1 aliphatic heterocycles. The maximum atomic E-state index is 9.54. The summed E-state index contributed by atoms with van der Waals surface area (Å²) in [4.78, 5) is 10.8. The number of pyridine rings is 2. The number of hydrogen-bond donors (Lipinski definition) is 1. The van der Waals surface area contributed by atoms with Gasteiger partial charge in [0.1, 0.15) is 5.52 Å². The minimum absolute atomic E-state index is 0.186. The molecule has 0 amide bonds. The Balaban J connectivity index is 1.89. The number of halogens is 1. The zero-order valence-corrected chi connectivity index (χ0v) is 11.6. The van der Waals surface area contributed by atoms with Crippen LogP contribution in [0.5, 0.6) is 0 Å². The standard InChI is InChI=1S/C14H16ClN3O/c1-9-4-11-5-10(6-16-13(11)14(15)17-9)7-18-3-2-12(19)8-18/h4-6,12,19H,2-3,7-8H2,1H3/t12-/m1/s1. The van der Waals surface area contributed by atoms with E-state index in [9.17, 15) is 5.11 Å². The van der Waals surface area contributed by atoms with Crippen LogP contribution in [0.1, 0.15) is 17.7 Å². The van der Waals surface area contributed by atoms with Crippen molar-refractivity contribution in [2.45, 2.75) is 26.0 Å². The number of aromatic nitrogens is 2. The third-order valence-corrected chi connectivity index (χ3v) is 3.73. The van der Waals surface area contributed by atoms with Crippen LogP contribution in [0.25, 0.3) is 10.9 Å². The van der Waals surface area contributed by atoms with Crippen molar-refractivity contribution in [2.24, 2.45) is 0 Å². The van der Waals surface area contributed by atoms with Crippen LogP contribution in [0.15, 0.2) is 18.3 Å². The van der Waals surface area contributed by atoms with Gasteiger partial charge >= 0.3 is 0 Å². The van der Waals surface area contributed by atoms with E-state index in [4.69, 9.17) is 11.6 Å². The predicted molar refractivity (Wildman–Crippen MR) is 75.2 cm³/mol. The van der Waals surface area contributed by atoms with E-state index in [0.29, 0.717) is 5.15 Å². The Morgan fingerprint density at radius 1 is 1.47 bits per heavy atom. The summed E-state index contributed by atoms with van der Waals surface area (Å²) in [6.07, 6.45) is 2.51. The third kappa shape index (κ3) is 2.71. The second-order valence-electron chi connectivity index (χ2n) is 5.15. The average molecular weight is 278 g/mol. The van der Waals surface area contributed by atoms with E-state index in [1.807, 2.05) is 19.2 Å². The zero-order valence-electron chi connectivity index (χ0n) is 10.8. The molecule has 0 unspecified atom stereocenters. The Hall–Kier alpha value is -1.23. The molecule has 0 bridgehead atoms. The number of rotatable bonds is 2. The normalized spacial score (nSPS) is 20.3. The van der Waals surface area contributed by atoms with Crippen LogP contribution in [0.2, 0.25) is 5.15 Å². The summed E-state index contributed by atoms with van der Waals surface area (Å²) in [6, 6.07) is 4.10. The highest BCUT2D eigenvalue weighted by molar-refractivity contribution is 6.33. The van der Waals surface area contributed by atoms with Crippen molar-refractivity contribution in [2.75, 3.05) is 13.1 Å². The smallest absolute Gasteiger partial charge is 0.155 e. The van der Waals surface area contributed by atoms with E-state index >= 15 is 0 Å². The monoisotopic (exact) mass is 277 g/mol. The minimum atomic E-state index is -0.186. The topological polar surface area (TPSA) is 49.2 Å². The van der Waals surface area contributed by atoms with Crippen molar-refractivity contribution in [3.05, 3.63) is 34.7 Å². The first-order valence-corrected chi connectivity index (χ1v) is 6.82. The second-order valence-corrected chi connectivity index (χ2v) is 5.51. The van der Waals surface area contributed by atoms with Gasteiger partial charge < -0.3 is 5.11 Å². The lowest BCUT2D eigenvalue weighted by atomic mass is 10.1. The van der Waals surface area contributed by atoms with Crippen molar-refractivity contribution >= 4 is 22.5 Å². The number of aliphatic hydroxyl groups is 1. The number of fused-ring (bicyclic) bond motifs is 1. The molecule has 1 aliphatic rings. The molecule has 1 N–H and O–H groups in total. The minimum Gasteiger partial charge on any atom is -0.392 e. The van der Waals surface area contributed by atoms with Crippen LogP contribution in [-0.4, -0.2) is 39.2 Å². The Labute approximate surface area is 117 Å². The van der Waals surface area contributed by atoms with Crippen molar-refractivity contribution in [3.63, 3.8) is 0 Å². The molecule has 1 saturated heterocycles. The molecular formula is C14H16ClN3O. The summed E-state index contributed by atoms with van der Waals surface area (Å²) >= 11 is 6.09. The molecule has 2 aromatic rings. The van der Waals surface area contributed by atoms with E-state index < -0.39 is 0 Å². The Kier molecular flexibility index (Phi) is 3.39. The number of hydrogen-bond acceptors (Lipinski definition) is 4. The Morgan fingerprint density at radius 2 is 2.32 bits per heavy atom. The summed E-state index contributed by atoms with van der Waals surface area (Å²) in [5.41, 5.74) is 2.79. The van der Waals surface area contributed by atoms with Crippen LogP contribution in [0.4, 0.5) is 0 Å². The lowest BCUT2D eigenvalue weighted by molar-refractivity contribution is 0.175. The summed E-state index contributed by atoms with van der Waals surface area (Å²) < 4.78 is 0. The van der Waals surface area contributed by atoms with Crippen molar-refractivity contribution in [1.82, 2.24) is 14.9 Å². The lowest BCUT2D eigenvalue weighted by Crippen LogP contribution is -2.21. The van der Waals surface area contributed by atoms with Crippen LogP contribution in [-0.2, 0) is 6.54 Å². The Morgan fingerprint density at radius 3 is 3.05 bits per heavy atom. The van der Waals surface area contributed by atoms with Gasteiger partial charge in [0.15, 0.2) is 5.15 Å². The van der Waals surface area contributed by atoms with Crippen molar-refractivity contribution < 1.29 is 5.11 Å². The molecule has 3 rings (SSSR count). The molecule has 0 spiro atoms. The average Bonchev–Trinajstić information content (AvgIpc) is 2.74. The molecule has 4 nitrogen and oxygen atoms in total. The fourth-order valence-corrected chi connectivity index (χ4v) is 2.87. The highest BCUT2D eigenvalue weighted by Gasteiger charge is 2.20. The van der Waals surface area contributed by atoms with Gasteiger partial charge in [-0.1, -0.05) is 11.6 Å². The molecule has 0 aliphatic carbocycles. The molecule has 0 aromatic carbocycles. The van der Waals surface area contributed by atoms with Gasteiger partial charge in [0, 0.05) is 36.9 Å². The molecule has 100 valence electrons. The fourth-order valence-electron chi connectivity index (χ4n) is 2.58. The van der Waals surface area contributed by atoms with Gasteiger partial charge in [-0.25, -0.2) is 4.98 Å². The predicted octanol–water partition coefficient (Wildman–Crippen LogP) is 2.16. The summed E-state index contributed by atoms with van der Waals surface area (Å²) in [5.74, 6) is 0. The highest BCUT2D eigenvalue weighted by Crippen LogP contribution is 2.22. The number of aryl methyl sites for hydroxylation is 1. The SMILES string of the molecule is Cc1cc2cc(CN3CC[C@@H](O)C3)cnc2c(Cl)n1. The Bertz CT molecular complexity index is 617. The van der Waals surface area contributed by atoms with Gasteiger partial charge in [0.25, 0.3) is 0 Å². The number of likely N-dealkylation sites (tertiary alicyclic amines) is 1. The largest absolute Gasteiger partial charge is 0.392 e. The highest BCUT2D eigenvalue weighted by atomic mass is 35.5. The van der Waals surface area contributed by atoms with E-state index in [-0.39, 0.29) is 6.10 Å². The number of nitrogens with zero attached hydrogens (tertiary/aromatic N) is 3. The van der Waals surface area contributed by atoms with Gasteiger partial charge in [-0.2, -0.15) is 0 Å². The summed E-state index contributed by atoms with van der Waals surface area (Å²) in [5, 5.41) is 11.0. The first-order chi connectivity index (χ1) is 9.11. The zero-order chi connectivity index (χ0) is 13.4. The van der Waals surface area contributed by atoms with Crippen molar-refractivity contribution in [1.29, 1.82) is 0 Å². The molecule has 3 heterocycles. The van der Waals surface area contributed by atoms with Gasteiger partial charge in [0.05, 0.1) is 6.10 Å². The van der Waals surface area contributed by atoms with E-state index in [1.165, 1.54) is 0 Å². The van der Waals surface area contributed by atoms with Crippen molar-refractivity contribution in [3.8, 4) is 0 Å². The fraction of sp³-hybridized carbons (Fsp3) is 0.429. The second kappa shape index (κ2) is 5.04. The first kappa shape index (κ1) is 12.8. The maximum Gasteiger partial charge on any atom is 0.155 e. The van der Waals surface area contributed by atoms with Crippen LogP contribution < -0.4 is 0 Å². The summed E-state index contributed by atoms with van der Waals surface area (Å²) in [7, 11) is 0. The van der Waals surface area contributed by atoms with Crippen LogP contribution >= 0.6 is 11.6 Å². The van der Waals surface area contributed by atoms with Gasteiger partial charge in [0.2, 0.25) is 0 Å². The van der Waals surface area contributed by atoms with Gasteiger partial charge in [-0.3, -0.25) is 9.88 Å². The first-order valence-electron chi connectivity index (χ1n) is 6.44.